The molecular weight excluding hydrogens is 432 g/mol. The quantitative estimate of drug-likeness (QED) is 0.234. The first-order chi connectivity index (χ1) is 16.6. The SMILES string of the molecule is CC1(C)CCCC(C)(C)N1CCCCCn1c(=O)c(-c2cccc(C(=N)N)c2)cc2ccccc21. The van der Waals surface area contributed by atoms with Gasteiger partial charge in [-0.15, -0.1) is 0 Å². The molecule has 3 N–H and O–H groups in total. The first kappa shape index (κ1) is 25.2. The number of pyridine rings is 1. The van der Waals surface area contributed by atoms with E-state index in [-0.39, 0.29) is 22.5 Å². The Morgan fingerprint density at radius 2 is 1.60 bits per heavy atom. The van der Waals surface area contributed by atoms with Crippen LogP contribution in [0, 0.1) is 5.41 Å². The Kier molecular flexibility index (Phi) is 7.18. The first-order valence-corrected chi connectivity index (χ1v) is 13.0. The van der Waals surface area contributed by atoms with Crippen molar-refractivity contribution in [3.05, 3.63) is 70.5 Å². The summed E-state index contributed by atoms with van der Waals surface area (Å²) >= 11 is 0. The highest BCUT2D eigenvalue weighted by Gasteiger charge is 2.40. The van der Waals surface area contributed by atoms with Crippen molar-refractivity contribution in [3.8, 4) is 11.1 Å². The molecule has 35 heavy (non-hydrogen) atoms. The number of nitrogens with two attached hydrogens (primary N) is 1. The lowest BCUT2D eigenvalue weighted by Gasteiger charge is -2.53. The lowest BCUT2D eigenvalue weighted by Crippen LogP contribution is -2.58. The second-order valence-corrected chi connectivity index (χ2v) is 11.3. The Balaban J connectivity index is 1.52. The molecule has 186 valence electrons. The van der Waals surface area contributed by atoms with E-state index in [9.17, 15) is 4.79 Å². The van der Waals surface area contributed by atoms with Gasteiger partial charge in [0.1, 0.15) is 5.84 Å². The molecule has 0 atom stereocenters. The number of hydrogen-bond acceptors (Lipinski definition) is 3. The molecule has 1 aromatic heterocycles. The number of benzene rings is 2. The van der Waals surface area contributed by atoms with E-state index in [0.29, 0.717) is 17.7 Å². The topological polar surface area (TPSA) is 75.1 Å². The fourth-order valence-electron chi connectivity index (χ4n) is 5.98. The van der Waals surface area contributed by atoms with Crippen molar-refractivity contribution in [2.24, 2.45) is 5.73 Å². The number of rotatable bonds is 8. The number of amidine groups is 1. The summed E-state index contributed by atoms with van der Waals surface area (Å²) in [5.74, 6) is 0.00743. The molecule has 4 rings (SSSR count). The van der Waals surface area contributed by atoms with Crippen LogP contribution < -0.4 is 11.3 Å². The lowest BCUT2D eigenvalue weighted by atomic mass is 9.79. The molecule has 0 unspecified atom stereocenters. The predicted octanol–water partition coefficient (Wildman–Crippen LogP) is 6.17. The highest BCUT2D eigenvalue weighted by molar-refractivity contribution is 5.96. The maximum absolute atomic E-state index is 13.6. The van der Waals surface area contributed by atoms with Crippen LogP contribution in [0.4, 0.5) is 0 Å². The van der Waals surface area contributed by atoms with E-state index >= 15 is 0 Å². The van der Waals surface area contributed by atoms with Gasteiger partial charge >= 0.3 is 0 Å². The van der Waals surface area contributed by atoms with Crippen LogP contribution in [0.25, 0.3) is 22.0 Å². The molecule has 1 fully saturated rings. The molecule has 0 spiro atoms. The van der Waals surface area contributed by atoms with Crippen LogP contribution in [0.5, 0.6) is 0 Å². The van der Waals surface area contributed by atoms with Gasteiger partial charge in [0.05, 0.1) is 5.52 Å². The third-order valence-corrected chi connectivity index (χ3v) is 7.79. The summed E-state index contributed by atoms with van der Waals surface area (Å²) in [5.41, 5.74) is 9.27. The number of nitrogen functional groups attached to an aromatic ring is 1. The predicted molar refractivity (Wildman–Crippen MR) is 147 cm³/mol. The summed E-state index contributed by atoms with van der Waals surface area (Å²) in [6.45, 7) is 11.3. The second kappa shape index (κ2) is 9.98. The minimum Gasteiger partial charge on any atom is -0.384 e. The lowest BCUT2D eigenvalue weighted by molar-refractivity contribution is -0.0276. The number of aryl methyl sites for hydroxylation is 1. The van der Waals surface area contributed by atoms with Crippen molar-refractivity contribution in [1.29, 1.82) is 5.41 Å². The van der Waals surface area contributed by atoms with Gasteiger partial charge in [0.15, 0.2) is 0 Å². The zero-order valence-electron chi connectivity index (χ0n) is 21.7. The molecule has 2 heterocycles. The molecule has 5 heteroatoms. The zero-order valence-corrected chi connectivity index (χ0v) is 21.7. The van der Waals surface area contributed by atoms with Crippen LogP contribution in [0.3, 0.4) is 0 Å². The van der Waals surface area contributed by atoms with Gasteiger partial charge in [-0.25, -0.2) is 0 Å². The van der Waals surface area contributed by atoms with Crippen LogP contribution in [0.1, 0.15) is 71.8 Å². The summed E-state index contributed by atoms with van der Waals surface area (Å²) < 4.78 is 1.93. The number of fused-ring (bicyclic) bond motifs is 1. The average molecular weight is 473 g/mol. The molecule has 1 saturated heterocycles. The van der Waals surface area contributed by atoms with Crippen LogP contribution in [0.15, 0.2) is 59.4 Å². The normalized spacial score (nSPS) is 17.5. The molecular formula is C30H40N4O. The van der Waals surface area contributed by atoms with Crippen LogP contribution in [0.2, 0.25) is 0 Å². The Hall–Kier alpha value is -2.92. The number of aromatic nitrogens is 1. The third kappa shape index (κ3) is 5.35. The Morgan fingerprint density at radius 3 is 2.31 bits per heavy atom. The van der Waals surface area contributed by atoms with Crippen LogP contribution in [-0.4, -0.2) is 32.9 Å². The highest BCUT2D eigenvalue weighted by Crippen LogP contribution is 2.38. The Labute approximate surface area is 209 Å². The molecule has 1 aliphatic rings. The van der Waals surface area contributed by atoms with E-state index in [4.69, 9.17) is 11.1 Å². The van der Waals surface area contributed by atoms with Gasteiger partial charge in [0.25, 0.3) is 5.56 Å². The van der Waals surface area contributed by atoms with E-state index < -0.39 is 0 Å². The summed E-state index contributed by atoms with van der Waals surface area (Å²) in [6, 6.07) is 17.5. The summed E-state index contributed by atoms with van der Waals surface area (Å²) in [5, 5.41) is 8.81. The first-order valence-electron chi connectivity index (χ1n) is 13.0. The molecule has 5 nitrogen and oxygen atoms in total. The standard InChI is InChI=1S/C30H40N4O/c1-29(2)16-11-17-30(3,4)34(29)19-9-5-8-18-33-26-15-7-6-12-23(26)21-25(28(33)35)22-13-10-14-24(20-22)27(31)32/h6-7,10,12-15,20-21H,5,8-9,11,16-19H2,1-4H3,(H3,31,32). The van der Waals surface area contributed by atoms with Crippen molar-refractivity contribution >= 4 is 16.7 Å². The van der Waals surface area contributed by atoms with Crippen LogP contribution in [-0.2, 0) is 6.54 Å². The van der Waals surface area contributed by atoms with Crippen molar-refractivity contribution < 1.29 is 0 Å². The number of unbranched alkanes of at least 4 members (excludes halogenated alkanes) is 2. The van der Waals surface area contributed by atoms with Crippen molar-refractivity contribution in [2.75, 3.05) is 6.54 Å². The third-order valence-electron chi connectivity index (χ3n) is 7.79. The largest absolute Gasteiger partial charge is 0.384 e. The van der Waals surface area contributed by atoms with Gasteiger partial charge in [0.2, 0.25) is 0 Å². The highest BCUT2D eigenvalue weighted by atomic mass is 16.1. The fraction of sp³-hybridized carbons (Fsp3) is 0.467. The molecule has 0 saturated carbocycles. The molecule has 0 bridgehead atoms. The van der Waals surface area contributed by atoms with Gasteiger partial charge < -0.3 is 10.3 Å². The van der Waals surface area contributed by atoms with Gasteiger partial charge in [-0.3, -0.25) is 15.1 Å². The molecule has 0 amide bonds. The molecule has 2 aromatic carbocycles. The van der Waals surface area contributed by atoms with Crippen molar-refractivity contribution in [2.45, 2.75) is 83.8 Å². The number of nitrogens with one attached hydrogen (secondary N) is 1. The monoisotopic (exact) mass is 472 g/mol. The Morgan fingerprint density at radius 1 is 0.914 bits per heavy atom. The maximum atomic E-state index is 13.6. The van der Waals surface area contributed by atoms with Gasteiger partial charge in [-0.2, -0.15) is 0 Å². The minimum absolute atomic E-state index is 0.00743. The summed E-state index contributed by atoms with van der Waals surface area (Å²) in [4.78, 5) is 16.3. The van der Waals surface area contributed by atoms with E-state index in [1.54, 1.807) is 6.07 Å². The van der Waals surface area contributed by atoms with E-state index in [2.05, 4.69) is 38.7 Å². The van der Waals surface area contributed by atoms with Crippen molar-refractivity contribution in [1.82, 2.24) is 9.47 Å². The van der Waals surface area contributed by atoms with E-state index in [0.717, 1.165) is 42.3 Å². The smallest absolute Gasteiger partial charge is 0.258 e. The zero-order chi connectivity index (χ0) is 25.2. The number of hydrogen-bond donors (Lipinski definition) is 2. The Bertz CT molecular complexity index is 1250. The average Bonchev–Trinajstić information content (AvgIpc) is 2.81. The molecule has 0 aliphatic carbocycles. The van der Waals surface area contributed by atoms with Crippen molar-refractivity contribution in [3.63, 3.8) is 0 Å². The number of likely N-dealkylation sites (tertiary alicyclic amines) is 1. The van der Waals surface area contributed by atoms with Gasteiger partial charge in [0, 0.05) is 28.7 Å². The number of nitrogens with zero attached hydrogens (tertiary/aromatic N) is 2. The van der Waals surface area contributed by atoms with Crippen LogP contribution >= 0.6 is 0 Å². The molecule has 0 radical (unpaired) electrons. The van der Waals surface area contributed by atoms with Gasteiger partial charge in [-0.1, -0.05) is 42.8 Å². The van der Waals surface area contributed by atoms with E-state index in [1.165, 1.54) is 19.3 Å². The molecule has 3 aromatic rings. The number of para-hydroxylation sites is 1. The second-order valence-electron chi connectivity index (χ2n) is 11.3. The number of piperidine rings is 1. The fourth-order valence-corrected chi connectivity index (χ4v) is 5.98. The molecule has 1 aliphatic heterocycles. The summed E-state index contributed by atoms with van der Waals surface area (Å²) in [7, 11) is 0. The summed E-state index contributed by atoms with van der Waals surface area (Å²) in [6.07, 6.45) is 7.02. The van der Waals surface area contributed by atoms with E-state index in [1.807, 2.05) is 47.0 Å². The van der Waals surface area contributed by atoms with Gasteiger partial charge in [-0.05, 0) is 95.5 Å². The minimum atomic E-state index is 0.00743. The maximum Gasteiger partial charge on any atom is 0.258 e.